The van der Waals surface area contributed by atoms with E-state index in [2.05, 4.69) is 21.2 Å². The molecule has 1 fully saturated rings. The number of benzene rings is 1. The minimum absolute atomic E-state index is 0.0298. The van der Waals surface area contributed by atoms with Crippen molar-refractivity contribution in [1.29, 1.82) is 0 Å². The Morgan fingerprint density at radius 2 is 2.00 bits per heavy atom. The van der Waals surface area contributed by atoms with Crippen molar-refractivity contribution in [2.75, 3.05) is 0 Å². The number of amides is 1. The lowest BCUT2D eigenvalue weighted by Gasteiger charge is -2.21. The van der Waals surface area contributed by atoms with E-state index >= 15 is 0 Å². The zero-order valence-corrected chi connectivity index (χ0v) is 13.6. The molecular formula is C14H16BrCl2NO. The van der Waals surface area contributed by atoms with Gasteiger partial charge in [-0.25, -0.2) is 0 Å². The highest BCUT2D eigenvalue weighted by Crippen LogP contribution is 2.25. The topological polar surface area (TPSA) is 29.1 Å². The molecule has 0 aromatic heterocycles. The Balaban J connectivity index is 2.05. The van der Waals surface area contributed by atoms with Crippen LogP contribution in [0.15, 0.2) is 22.7 Å². The number of rotatable bonds is 2. The van der Waals surface area contributed by atoms with E-state index in [-0.39, 0.29) is 17.3 Å². The second-order valence-corrected chi connectivity index (χ2v) is 6.68. The number of halogens is 3. The van der Waals surface area contributed by atoms with Gasteiger partial charge in [0, 0.05) is 16.1 Å². The summed E-state index contributed by atoms with van der Waals surface area (Å²) >= 11 is 15.6. The Kier molecular flexibility index (Phi) is 5.55. The van der Waals surface area contributed by atoms with Crippen LogP contribution in [0.5, 0.6) is 0 Å². The third-order valence-corrected chi connectivity index (χ3v) is 5.17. The first-order valence-electron chi connectivity index (χ1n) is 6.48. The summed E-state index contributed by atoms with van der Waals surface area (Å²) in [7, 11) is 0. The fourth-order valence-corrected chi connectivity index (χ4v) is 3.15. The predicted molar refractivity (Wildman–Crippen MR) is 83.1 cm³/mol. The van der Waals surface area contributed by atoms with Crippen molar-refractivity contribution in [3.05, 3.63) is 33.3 Å². The number of alkyl halides is 1. The fraction of sp³-hybridized carbons (Fsp3) is 0.500. The van der Waals surface area contributed by atoms with Gasteiger partial charge in [-0.15, -0.1) is 11.6 Å². The van der Waals surface area contributed by atoms with Crippen molar-refractivity contribution in [2.24, 2.45) is 0 Å². The maximum absolute atomic E-state index is 12.2. The van der Waals surface area contributed by atoms with E-state index < -0.39 is 0 Å². The summed E-state index contributed by atoms with van der Waals surface area (Å²) in [6, 6.07) is 5.23. The Morgan fingerprint density at radius 3 is 2.74 bits per heavy atom. The van der Waals surface area contributed by atoms with Gasteiger partial charge in [0.2, 0.25) is 0 Å². The van der Waals surface area contributed by atoms with Gasteiger partial charge in [-0.3, -0.25) is 4.79 Å². The van der Waals surface area contributed by atoms with Gasteiger partial charge in [-0.1, -0.05) is 30.9 Å². The molecular weight excluding hydrogens is 349 g/mol. The maximum Gasteiger partial charge on any atom is 0.251 e. The molecule has 1 N–H and O–H groups in total. The van der Waals surface area contributed by atoms with E-state index in [4.69, 9.17) is 23.2 Å². The van der Waals surface area contributed by atoms with Crippen LogP contribution in [-0.2, 0) is 0 Å². The first kappa shape index (κ1) is 15.1. The van der Waals surface area contributed by atoms with Gasteiger partial charge >= 0.3 is 0 Å². The SMILES string of the molecule is O=C(NC1CCCCCC1Cl)c1ccc(Cl)c(Br)c1. The Morgan fingerprint density at radius 1 is 1.26 bits per heavy atom. The van der Waals surface area contributed by atoms with E-state index in [0.29, 0.717) is 10.6 Å². The van der Waals surface area contributed by atoms with Crippen molar-refractivity contribution >= 4 is 45.0 Å². The van der Waals surface area contributed by atoms with Crippen LogP contribution in [0.2, 0.25) is 5.02 Å². The van der Waals surface area contributed by atoms with E-state index in [1.54, 1.807) is 18.2 Å². The lowest BCUT2D eigenvalue weighted by molar-refractivity contribution is 0.0934. The quantitative estimate of drug-likeness (QED) is 0.594. The largest absolute Gasteiger partial charge is 0.348 e. The van der Waals surface area contributed by atoms with E-state index in [0.717, 1.165) is 30.2 Å². The summed E-state index contributed by atoms with van der Waals surface area (Å²) in [6.45, 7) is 0. The highest BCUT2D eigenvalue weighted by molar-refractivity contribution is 9.10. The molecule has 19 heavy (non-hydrogen) atoms. The monoisotopic (exact) mass is 363 g/mol. The number of nitrogens with one attached hydrogen (secondary N) is 1. The molecule has 1 aliphatic carbocycles. The molecule has 1 amide bonds. The third-order valence-electron chi connectivity index (χ3n) is 3.43. The van der Waals surface area contributed by atoms with Crippen LogP contribution in [0.1, 0.15) is 42.5 Å². The highest BCUT2D eigenvalue weighted by Gasteiger charge is 2.23. The average Bonchev–Trinajstić information content (AvgIpc) is 2.58. The van der Waals surface area contributed by atoms with Crippen molar-refractivity contribution in [3.8, 4) is 0 Å². The molecule has 2 unspecified atom stereocenters. The van der Waals surface area contributed by atoms with Crippen LogP contribution < -0.4 is 5.32 Å². The molecule has 1 aromatic carbocycles. The minimum Gasteiger partial charge on any atom is -0.348 e. The van der Waals surface area contributed by atoms with Crippen molar-refractivity contribution in [2.45, 2.75) is 43.5 Å². The van der Waals surface area contributed by atoms with E-state index in [1.807, 2.05) is 0 Å². The molecule has 1 saturated carbocycles. The summed E-state index contributed by atoms with van der Waals surface area (Å²) in [5.74, 6) is -0.0880. The zero-order chi connectivity index (χ0) is 13.8. The third kappa shape index (κ3) is 4.11. The number of carbonyl (C=O) groups excluding carboxylic acids is 1. The first-order valence-corrected chi connectivity index (χ1v) is 8.08. The van der Waals surface area contributed by atoms with Gasteiger partial charge in [-0.05, 0) is 47.0 Å². The molecule has 0 heterocycles. The van der Waals surface area contributed by atoms with Crippen LogP contribution in [0.25, 0.3) is 0 Å². The molecule has 5 heteroatoms. The molecule has 2 nitrogen and oxygen atoms in total. The molecule has 0 saturated heterocycles. The molecule has 0 radical (unpaired) electrons. The molecule has 0 aliphatic heterocycles. The van der Waals surface area contributed by atoms with E-state index in [9.17, 15) is 4.79 Å². The second kappa shape index (κ2) is 6.96. The Labute approximate surface area is 132 Å². The maximum atomic E-state index is 12.2. The van der Waals surface area contributed by atoms with Crippen LogP contribution >= 0.6 is 39.1 Å². The minimum atomic E-state index is -0.0880. The Bertz CT molecular complexity index is 467. The van der Waals surface area contributed by atoms with Gasteiger partial charge in [-0.2, -0.15) is 0 Å². The fourth-order valence-electron chi connectivity index (χ4n) is 2.31. The van der Waals surface area contributed by atoms with Gasteiger partial charge < -0.3 is 5.32 Å². The summed E-state index contributed by atoms with van der Waals surface area (Å²) in [4.78, 5) is 12.2. The van der Waals surface area contributed by atoms with Crippen LogP contribution in [0.3, 0.4) is 0 Å². The van der Waals surface area contributed by atoms with Gasteiger partial charge in [0.15, 0.2) is 0 Å². The number of hydrogen-bond acceptors (Lipinski definition) is 1. The predicted octanol–water partition coefficient (Wildman–Crippen LogP) is 4.77. The summed E-state index contributed by atoms with van der Waals surface area (Å²) in [5.41, 5.74) is 0.601. The van der Waals surface area contributed by atoms with Crippen molar-refractivity contribution in [3.63, 3.8) is 0 Å². The molecule has 2 rings (SSSR count). The van der Waals surface area contributed by atoms with Crippen LogP contribution in [0, 0.1) is 0 Å². The molecule has 0 spiro atoms. The first-order chi connectivity index (χ1) is 9.08. The van der Waals surface area contributed by atoms with Crippen LogP contribution in [0.4, 0.5) is 0 Å². The van der Waals surface area contributed by atoms with Crippen molar-refractivity contribution < 1.29 is 4.79 Å². The zero-order valence-electron chi connectivity index (χ0n) is 10.5. The smallest absolute Gasteiger partial charge is 0.251 e. The second-order valence-electron chi connectivity index (χ2n) is 4.86. The van der Waals surface area contributed by atoms with Gasteiger partial charge in [0.1, 0.15) is 0 Å². The lowest BCUT2D eigenvalue weighted by atomic mass is 10.1. The highest BCUT2D eigenvalue weighted by atomic mass is 79.9. The molecule has 1 aliphatic rings. The molecule has 104 valence electrons. The number of carbonyl (C=O) groups is 1. The Hall–Kier alpha value is -0.250. The van der Waals surface area contributed by atoms with Crippen molar-refractivity contribution in [1.82, 2.24) is 5.32 Å². The van der Waals surface area contributed by atoms with Crippen LogP contribution in [-0.4, -0.2) is 17.3 Å². The average molecular weight is 365 g/mol. The summed E-state index contributed by atoms with van der Waals surface area (Å²) in [5, 5.41) is 3.66. The van der Waals surface area contributed by atoms with Gasteiger partial charge in [0.25, 0.3) is 5.91 Å². The normalized spacial score (nSPS) is 23.7. The number of hydrogen-bond donors (Lipinski definition) is 1. The summed E-state index contributed by atoms with van der Waals surface area (Å²) in [6.07, 6.45) is 5.39. The van der Waals surface area contributed by atoms with E-state index in [1.165, 1.54) is 6.42 Å². The standard InChI is InChI=1S/C14H16BrCl2NO/c15-10-8-9(6-7-11(10)16)14(19)18-13-5-3-1-2-4-12(13)17/h6-8,12-13H,1-5H2,(H,18,19). The molecule has 0 bridgehead atoms. The summed E-state index contributed by atoms with van der Waals surface area (Å²) < 4.78 is 0.727. The lowest BCUT2D eigenvalue weighted by Crippen LogP contribution is -2.40. The molecule has 1 aromatic rings. The van der Waals surface area contributed by atoms with Gasteiger partial charge in [0.05, 0.1) is 10.4 Å². The molecule has 2 atom stereocenters.